The number of urea groups is 1. The summed E-state index contributed by atoms with van der Waals surface area (Å²) < 4.78 is 12.7. The highest BCUT2D eigenvalue weighted by Crippen LogP contribution is 2.23. The molecule has 2 rings (SSSR count). The number of imide groups is 1. The molecule has 1 unspecified atom stereocenters. The first kappa shape index (κ1) is 13.9. The van der Waals surface area contributed by atoms with Gasteiger partial charge in [0.15, 0.2) is 0 Å². The Morgan fingerprint density at radius 2 is 1.95 bits per heavy atom. The van der Waals surface area contributed by atoms with Crippen molar-refractivity contribution in [1.29, 1.82) is 0 Å². The Morgan fingerprint density at radius 3 is 2.53 bits per heavy atom. The van der Waals surface area contributed by atoms with Gasteiger partial charge in [0.05, 0.1) is 5.25 Å². The molecule has 102 valence electrons. The molecule has 1 fully saturated rings. The standard InChI is InChI=1S/C13H15FN2O2S/c1-8(19-11-6-2-9(14)3-7-11)12(17)16-13(18)15-10-4-5-10/h2-3,6-8,10H,4-5H2,1H3,(H2,15,16,17,18). The second-order valence-corrected chi connectivity index (χ2v) is 5.87. The van der Waals surface area contributed by atoms with Crippen LogP contribution in [0.3, 0.4) is 0 Å². The average molecular weight is 282 g/mol. The van der Waals surface area contributed by atoms with Gasteiger partial charge in [-0.25, -0.2) is 9.18 Å². The average Bonchev–Trinajstić information content (AvgIpc) is 3.15. The van der Waals surface area contributed by atoms with Crippen molar-refractivity contribution in [2.75, 3.05) is 0 Å². The van der Waals surface area contributed by atoms with Crippen LogP contribution in [-0.2, 0) is 4.79 Å². The SMILES string of the molecule is CC(Sc1ccc(F)cc1)C(=O)NC(=O)NC1CC1. The lowest BCUT2D eigenvalue weighted by Crippen LogP contribution is -2.43. The molecule has 1 aliphatic rings. The van der Waals surface area contributed by atoms with Gasteiger partial charge in [-0.1, -0.05) is 0 Å². The highest BCUT2D eigenvalue weighted by atomic mass is 32.2. The van der Waals surface area contributed by atoms with E-state index < -0.39 is 11.3 Å². The van der Waals surface area contributed by atoms with E-state index >= 15 is 0 Å². The molecule has 3 amide bonds. The molecule has 0 heterocycles. The van der Waals surface area contributed by atoms with Gasteiger partial charge in [-0.2, -0.15) is 0 Å². The summed E-state index contributed by atoms with van der Waals surface area (Å²) in [6.45, 7) is 1.70. The van der Waals surface area contributed by atoms with E-state index in [0.29, 0.717) is 0 Å². The summed E-state index contributed by atoms with van der Waals surface area (Å²) in [5.41, 5.74) is 0. The zero-order valence-corrected chi connectivity index (χ0v) is 11.3. The van der Waals surface area contributed by atoms with E-state index in [1.54, 1.807) is 19.1 Å². The van der Waals surface area contributed by atoms with Crippen LogP contribution in [0.25, 0.3) is 0 Å². The molecule has 0 radical (unpaired) electrons. The zero-order chi connectivity index (χ0) is 13.8. The highest BCUT2D eigenvalue weighted by Gasteiger charge is 2.25. The summed E-state index contributed by atoms with van der Waals surface area (Å²) in [6, 6.07) is 5.66. The van der Waals surface area contributed by atoms with E-state index in [2.05, 4.69) is 10.6 Å². The fourth-order valence-corrected chi connectivity index (χ4v) is 2.30. The second-order valence-electron chi connectivity index (χ2n) is 4.45. The van der Waals surface area contributed by atoms with E-state index in [4.69, 9.17) is 0 Å². The van der Waals surface area contributed by atoms with Gasteiger partial charge in [-0.15, -0.1) is 11.8 Å². The van der Waals surface area contributed by atoms with Gasteiger partial charge in [0.25, 0.3) is 0 Å². The van der Waals surface area contributed by atoms with Crippen LogP contribution < -0.4 is 10.6 Å². The number of thioether (sulfide) groups is 1. The molecule has 0 spiro atoms. The fraction of sp³-hybridized carbons (Fsp3) is 0.385. The Labute approximate surface area is 115 Å². The minimum absolute atomic E-state index is 0.216. The number of hydrogen-bond acceptors (Lipinski definition) is 3. The highest BCUT2D eigenvalue weighted by molar-refractivity contribution is 8.00. The van der Waals surface area contributed by atoms with E-state index in [-0.39, 0.29) is 17.8 Å². The van der Waals surface area contributed by atoms with E-state index in [0.717, 1.165) is 17.7 Å². The number of amides is 3. The first-order valence-corrected chi connectivity index (χ1v) is 6.96. The van der Waals surface area contributed by atoms with Crippen molar-refractivity contribution in [2.45, 2.75) is 36.0 Å². The second kappa shape index (κ2) is 6.06. The molecule has 0 saturated heterocycles. The Morgan fingerprint density at radius 1 is 1.32 bits per heavy atom. The summed E-state index contributed by atoms with van der Waals surface area (Å²) in [5.74, 6) is -0.669. The number of carbonyl (C=O) groups excluding carboxylic acids is 2. The number of rotatable bonds is 4. The normalized spacial score (nSPS) is 15.7. The lowest BCUT2D eigenvalue weighted by molar-refractivity contribution is -0.119. The van der Waals surface area contributed by atoms with Gasteiger partial charge in [0.1, 0.15) is 5.82 Å². The minimum Gasteiger partial charge on any atom is -0.335 e. The third kappa shape index (κ3) is 4.55. The monoisotopic (exact) mass is 282 g/mol. The number of halogens is 1. The first-order chi connectivity index (χ1) is 9.04. The predicted octanol–water partition coefficient (Wildman–Crippen LogP) is 2.29. The van der Waals surface area contributed by atoms with Crippen molar-refractivity contribution >= 4 is 23.7 Å². The van der Waals surface area contributed by atoms with Crippen LogP contribution in [0.4, 0.5) is 9.18 Å². The number of nitrogens with one attached hydrogen (secondary N) is 2. The van der Waals surface area contributed by atoms with Crippen LogP contribution >= 0.6 is 11.8 Å². The minimum atomic E-state index is -0.445. The van der Waals surface area contributed by atoms with Crippen molar-refractivity contribution in [3.63, 3.8) is 0 Å². The Bertz CT molecular complexity index is 474. The molecule has 2 N–H and O–H groups in total. The van der Waals surface area contributed by atoms with Crippen LogP contribution in [0.2, 0.25) is 0 Å². The summed E-state index contributed by atoms with van der Waals surface area (Å²) in [7, 11) is 0. The van der Waals surface area contributed by atoms with Crippen LogP contribution in [0.1, 0.15) is 19.8 Å². The maximum Gasteiger partial charge on any atom is 0.321 e. The van der Waals surface area contributed by atoms with Gasteiger partial charge in [0, 0.05) is 10.9 Å². The lowest BCUT2D eigenvalue weighted by atomic mass is 10.3. The topological polar surface area (TPSA) is 58.2 Å². The third-order valence-electron chi connectivity index (χ3n) is 2.65. The maximum atomic E-state index is 12.7. The van der Waals surface area contributed by atoms with Crippen molar-refractivity contribution in [1.82, 2.24) is 10.6 Å². The zero-order valence-electron chi connectivity index (χ0n) is 10.5. The van der Waals surface area contributed by atoms with Crippen LogP contribution in [0.15, 0.2) is 29.2 Å². The van der Waals surface area contributed by atoms with Gasteiger partial charge in [0.2, 0.25) is 5.91 Å². The molecular formula is C13H15FN2O2S. The molecule has 1 aromatic rings. The van der Waals surface area contributed by atoms with Crippen LogP contribution in [0.5, 0.6) is 0 Å². The number of carbonyl (C=O) groups is 2. The van der Waals surface area contributed by atoms with Gasteiger partial charge < -0.3 is 5.32 Å². The van der Waals surface area contributed by atoms with Gasteiger partial charge in [-0.05, 0) is 44.0 Å². The third-order valence-corrected chi connectivity index (χ3v) is 3.76. The van der Waals surface area contributed by atoms with E-state index in [1.807, 2.05) is 0 Å². The quantitative estimate of drug-likeness (QED) is 0.833. The van der Waals surface area contributed by atoms with Crippen molar-refractivity contribution in [2.24, 2.45) is 0 Å². The fourth-order valence-electron chi connectivity index (χ4n) is 1.43. The molecule has 1 saturated carbocycles. The lowest BCUT2D eigenvalue weighted by Gasteiger charge is -2.11. The molecular weight excluding hydrogens is 267 g/mol. The predicted molar refractivity (Wildman–Crippen MR) is 71.4 cm³/mol. The summed E-state index contributed by atoms with van der Waals surface area (Å²) in [6.07, 6.45) is 1.95. The maximum absolute atomic E-state index is 12.7. The Balaban J connectivity index is 1.80. The molecule has 1 atom stereocenters. The molecule has 6 heteroatoms. The molecule has 1 aliphatic carbocycles. The smallest absolute Gasteiger partial charge is 0.321 e. The number of benzene rings is 1. The van der Waals surface area contributed by atoms with Crippen LogP contribution in [0, 0.1) is 5.82 Å². The molecule has 4 nitrogen and oxygen atoms in total. The summed E-state index contributed by atoms with van der Waals surface area (Å²) in [4.78, 5) is 23.9. The molecule has 0 bridgehead atoms. The Kier molecular flexibility index (Phi) is 4.42. The van der Waals surface area contributed by atoms with Gasteiger partial charge in [-0.3, -0.25) is 10.1 Å². The van der Waals surface area contributed by atoms with Crippen LogP contribution in [-0.4, -0.2) is 23.2 Å². The summed E-state index contributed by atoms with van der Waals surface area (Å²) in [5, 5.41) is 4.56. The van der Waals surface area contributed by atoms with E-state index in [1.165, 1.54) is 23.9 Å². The molecule has 0 aliphatic heterocycles. The van der Waals surface area contributed by atoms with E-state index in [9.17, 15) is 14.0 Å². The van der Waals surface area contributed by atoms with Crippen molar-refractivity contribution in [3.8, 4) is 0 Å². The number of hydrogen-bond donors (Lipinski definition) is 2. The molecule has 0 aromatic heterocycles. The molecule has 19 heavy (non-hydrogen) atoms. The largest absolute Gasteiger partial charge is 0.335 e. The first-order valence-electron chi connectivity index (χ1n) is 6.08. The van der Waals surface area contributed by atoms with Crippen molar-refractivity contribution in [3.05, 3.63) is 30.1 Å². The van der Waals surface area contributed by atoms with Crippen molar-refractivity contribution < 1.29 is 14.0 Å². The Hall–Kier alpha value is -1.56. The van der Waals surface area contributed by atoms with Gasteiger partial charge >= 0.3 is 6.03 Å². The molecule has 1 aromatic carbocycles. The summed E-state index contributed by atoms with van der Waals surface area (Å²) >= 11 is 1.28.